The SMILES string of the molecule is N#CC(=Cc1cccnc1)c1ccc(F)cc1. The highest BCUT2D eigenvalue weighted by Crippen LogP contribution is 2.17. The summed E-state index contributed by atoms with van der Waals surface area (Å²) in [6.07, 6.45) is 5.06. The quantitative estimate of drug-likeness (QED) is 0.734. The molecule has 0 saturated heterocycles. The number of rotatable bonds is 2. The zero-order chi connectivity index (χ0) is 12.1. The summed E-state index contributed by atoms with van der Waals surface area (Å²) in [5.74, 6) is -0.313. The Labute approximate surface area is 98.7 Å². The van der Waals surface area contributed by atoms with Crippen LogP contribution in [0.3, 0.4) is 0 Å². The van der Waals surface area contributed by atoms with Gasteiger partial charge in [-0.3, -0.25) is 4.98 Å². The van der Waals surface area contributed by atoms with Gasteiger partial charge in [-0.1, -0.05) is 18.2 Å². The van der Waals surface area contributed by atoms with Crippen molar-refractivity contribution in [2.45, 2.75) is 0 Å². The van der Waals surface area contributed by atoms with E-state index in [-0.39, 0.29) is 5.82 Å². The molecule has 0 aliphatic rings. The van der Waals surface area contributed by atoms with Crippen molar-refractivity contribution in [2.24, 2.45) is 0 Å². The molecule has 1 heterocycles. The van der Waals surface area contributed by atoms with E-state index >= 15 is 0 Å². The fraction of sp³-hybridized carbons (Fsp3) is 0. The summed E-state index contributed by atoms with van der Waals surface area (Å²) < 4.78 is 12.8. The van der Waals surface area contributed by atoms with E-state index in [0.29, 0.717) is 11.1 Å². The van der Waals surface area contributed by atoms with Crippen molar-refractivity contribution in [3.05, 3.63) is 65.7 Å². The largest absolute Gasteiger partial charge is 0.264 e. The fourth-order valence-electron chi connectivity index (χ4n) is 1.44. The number of nitrogens with zero attached hydrogens (tertiary/aromatic N) is 2. The van der Waals surface area contributed by atoms with Crippen LogP contribution in [-0.2, 0) is 0 Å². The van der Waals surface area contributed by atoms with E-state index in [0.717, 1.165) is 5.56 Å². The Balaban J connectivity index is 2.38. The van der Waals surface area contributed by atoms with Gasteiger partial charge in [-0.05, 0) is 35.4 Å². The number of pyridine rings is 1. The Morgan fingerprint density at radius 1 is 1.24 bits per heavy atom. The minimum Gasteiger partial charge on any atom is -0.264 e. The molecule has 2 nitrogen and oxygen atoms in total. The van der Waals surface area contributed by atoms with Gasteiger partial charge < -0.3 is 0 Å². The standard InChI is InChI=1S/C14H9FN2/c15-14-5-3-12(4-6-14)13(9-16)8-11-2-1-7-17-10-11/h1-8,10H. The second-order valence-corrected chi connectivity index (χ2v) is 3.46. The summed E-state index contributed by atoms with van der Waals surface area (Å²) in [7, 11) is 0. The molecular weight excluding hydrogens is 215 g/mol. The van der Waals surface area contributed by atoms with E-state index in [9.17, 15) is 4.39 Å². The maximum Gasteiger partial charge on any atom is 0.123 e. The number of benzene rings is 1. The highest BCUT2D eigenvalue weighted by Gasteiger charge is 2.01. The third-order valence-corrected chi connectivity index (χ3v) is 2.27. The normalized spacial score (nSPS) is 10.9. The van der Waals surface area contributed by atoms with Crippen LogP contribution < -0.4 is 0 Å². The van der Waals surface area contributed by atoms with Gasteiger partial charge in [-0.15, -0.1) is 0 Å². The summed E-state index contributed by atoms with van der Waals surface area (Å²) in [5, 5.41) is 9.08. The van der Waals surface area contributed by atoms with Crippen LogP contribution in [0, 0.1) is 17.1 Å². The molecule has 0 atom stereocenters. The van der Waals surface area contributed by atoms with Crippen LogP contribution in [0.25, 0.3) is 11.6 Å². The highest BCUT2D eigenvalue weighted by molar-refractivity contribution is 5.89. The van der Waals surface area contributed by atoms with Gasteiger partial charge in [0.05, 0.1) is 11.6 Å². The van der Waals surface area contributed by atoms with Crippen LogP contribution in [0.1, 0.15) is 11.1 Å². The van der Waals surface area contributed by atoms with Gasteiger partial charge in [0, 0.05) is 12.4 Å². The second kappa shape index (κ2) is 5.04. The van der Waals surface area contributed by atoms with E-state index in [1.807, 2.05) is 6.07 Å². The average Bonchev–Trinajstić information content (AvgIpc) is 2.38. The Kier molecular flexibility index (Phi) is 3.27. The van der Waals surface area contributed by atoms with Crippen molar-refractivity contribution in [1.82, 2.24) is 4.98 Å². The van der Waals surface area contributed by atoms with Crippen molar-refractivity contribution in [3.8, 4) is 6.07 Å². The molecule has 0 amide bonds. The Bertz CT molecular complexity index is 565. The summed E-state index contributed by atoms with van der Waals surface area (Å²) >= 11 is 0. The van der Waals surface area contributed by atoms with Gasteiger partial charge in [-0.25, -0.2) is 4.39 Å². The van der Waals surface area contributed by atoms with Gasteiger partial charge in [0.1, 0.15) is 5.82 Å². The van der Waals surface area contributed by atoms with Gasteiger partial charge in [0.25, 0.3) is 0 Å². The number of allylic oxidation sites excluding steroid dienone is 1. The van der Waals surface area contributed by atoms with Crippen molar-refractivity contribution < 1.29 is 4.39 Å². The van der Waals surface area contributed by atoms with Crippen LogP contribution in [0.4, 0.5) is 4.39 Å². The first kappa shape index (κ1) is 11.0. The lowest BCUT2D eigenvalue weighted by atomic mass is 10.0. The topological polar surface area (TPSA) is 36.7 Å². The van der Waals surface area contributed by atoms with Gasteiger partial charge >= 0.3 is 0 Å². The maximum absolute atomic E-state index is 12.8. The highest BCUT2D eigenvalue weighted by atomic mass is 19.1. The van der Waals surface area contributed by atoms with Crippen LogP contribution >= 0.6 is 0 Å². The molecule has 0 aliphatic carbocycles. The molecule has 0 unspecified atom stereocenters. The zero-order valence-corrected chi connectivity index (χ0v) is 8.97. The second-order valence-electron chi connectivity index (χ2n) is 3.46. The first-order chi connectivity index (χ1) is 8.29. The Morgan fingerprint density at radius 2 is 2.00 bits per heavy atom. The number of halogens is 1. The van der Waals surface area contributed by atoms with Crippen molar-refractivity contribution in [2.75, 3.05) is 0 Å². The predicted molar refractivity (Wildman–Crippen MR) is 64.1 cm³/mol. The molecule has 2 rings (SSSR count). The van der Waals surface area contributed by atoms with Crippen molar-refractivity contribution in [3.63, 3.8) is 0 Å². The first-order valence-electron chi connectivity index (χ1n) is 5.07. The van der Waals surface area contributed by atoms with Gasteiger partial charge in [0.15, 0.2) is 0 Å². The minimum absolute atomic E-state index is 0.313. The van der Waals surface area contributed by atoms with Crippen LogP contribution in [0.2, 0.25) is 0 Å². The monoisotopic (exact) mass is 224 g/mol. The van der Waals surface area contributed by atoms with Crippen LogP contribution in [-0.4, -0.2) is 4.98 Å². The molecule has 0 aliphatic heterocycles. The van der Waals surface area contributed by atoms with Gasteiger partial charge in [-0.2, -0.15) is 5.26 Å². The summed E-state index contributed by atoms with van der Waals surface area (Å²) in [6.45, 7) is 0. The Hall–Kier alpha value is -2.47. The molecule has 0 fully saturated rings. The lowest BCUT2D eigenvalue weighted by molar-refractivity contribution is 0.627. The lowest BCUT2D eigenvalue weighted by Gasteiger charge is -1.99. The third kappa shape index (κ3) is 2.76. The van der Waals surface area contributed by atoms with E-state index in [2.05, 4.69) is 11.1 Å². The lowest BCUT2D eigenvalue weighted by Crippen LogP contribution is -1.83. The third-order valence-electron chi connectivity index (χ3n) is 2.27. The fourth-order valence-corrected chi connectivity index (χ4v) is 1.44. The number of hydrogen-bond acceptors (Lipinski definition) is 2. The Morgan fingerprint density at radius 3 is 2.59 bits per heavy atom. The summed E-state index contributed by atoms with van der Waals surface area (Å²) in [5.41, 5.74) is 2.02. The molecule has 1 aromatic heterocycles. The van der Waals surface area contributed by atoms with Crippen LogP contribution in [0.15, 0.2) is 48.8 Å². The zero-order valence-electron chi connectivity index (χ0n) is 8.97. The smallest absolute Gasteiger partial charge is 0.123 e. The molecule has 0 saturated carbocycles. The molecule has 1 aromatic carbocycles. The predicted octanol–water partition coefficient (Wildman–Crippen LogP) is 3.28. The first-order valence-corrected chi connectivity index (χ1v) is 5.07. The van der Waals surface area contributed by atoms with E-state index < -0.39 is 0 Å². The van der Waals surface area contributed by atoms with Crippen molar-refractivity contribution >= 4 is 11.6 Å². The number of hydrogen-bond donors (Lipinski definition) is 0. The summed E-state index contributed by atoms with van der Waals surface area (Å²) in [6, 6.07) is 11.6. The van der Waals surface area contributed by atoms with E-state index in [1.54, 1.807) is 36.7 Å². The molecule has 2 aromatic rings. The average molecular weight is 224 g/mol. The van der Waals surface area contributed by atoms with Gasteiger partial charge in [0.2, 0.25) is 0 Å². The molecule has 0 bridgehead atoms. The molecule has 0 N–H and O–H groups in total. The molecule has 82 valence electrons. The van der Waals surface area contributed by atoms with Crippen molar-refractivity contribution in [1.29, 1.82) is 5.26 Å². The van der Waals surface area contributed by atoms with Crippen LogP contribution in [0.5, 0.6) is 0 Å². The molecule has 3 heteroatoms. The molecule has 0 radical (unpaired) electrons. The number of nitriles is 1. The maximum atomic E-state index is 12.8. The van der Waals surface area contributed by atoms with E-state index in [1.165, 1.54) is 12.1 Å². The number of aromatic nitrogens is 1. The molecule has 17 heavy (non-hydrogen) atoms. The minimum atomic E-state index is -0.313. The molecule has 0 spiro atoms. The summed E-state index contributed by atoms with van der Waals surface area (Å²) in [4.78, 5) is 3.97. The molecular formula is C14H9FN2. The van der Waals surface area contributed by atoms with E-state index in [4.69, 9.17) is 5.26 Å².